The van der Waals surface area contributed by atoms with Crippen molar-refractivity contribution in [3.05, 3.63) is 0 Å². The van der Waals surface area contributed by atoms with Gasteiger partial charge in [-0.15, -0.1) is 0 Å². The molecule has 0 aromatic carbocycles. The Morgan fingerprint density at radius 1 is 0.294 bits per heavy atom. The minimum Gasteiger partial charge on any atom is -0.402 e. The summed E-state index contributed by atoms with van der Waals surface area (Å²) in [7, 11) is -8.67. The van der Waals surface area contributed by atoms with E-state index in [0.29, 0.717) is 0 Å². The predicted molar refractivity (Wildman–Crippen MR) is 49.6 cm³/mol. The van der Waals surface area contributed by atoms with Crippen molar-refractivity contribution in [3.8, 4) is 0 Å². The van der Waals surface area contributed by atoms with Gasteiger partial charge >= 0.3 is 29.3 Å². The molecule has 0 heterocycles. The standard InChI is InChI=1S/4BH3O3.Ho/c4*2-1(3)4;/h4*2-4H;. The average Bonchev–Trinajstić information content (AvgIpc) is 1.76. The van der Waals surface area contributed by atoms with Crippen molar-refractivity contribution in [3.63, 3.8) is 0 Å². The molecule has 0 aromatic heterocycles. The Morgan fingerprint density at radius 2 is 0.294 bits per heavy atom. The zero-order chi connectivity index (χ0) is 14.3. The van der Waals surface area contributed by atoms with Crippen molar-refractivity contribution in [1.82, 2.24) is 0 Å². The fraction of sp³-hybridized carbons (Fsp3) is 0. The molecule has 0 unspecified atom stereocenters. The second kappa shape index (κ2) is 25.8. The molecule has 12 N–H and O–H groups in total. The van der Waals surface area contributed by atoms with E-state index >= 15 is 0 Å². The van der Waals surface area contributed by atoms with E-state index in [2.05, 4.69) is 0 Å². The summed E-state index contributed by atoms with van der Waals surface area (Å²) in [4.78, 5) is 0. The van der Waals surface area contributed by atoms with Crippen LogP contribution in [0.4, 0.5) is 0 Å². The normalized spacial score (nSPS) is 6.35. The first-order chi connectivity index (χ1) is 6.93. The Hall–Kier alpha value is 1.04. The molecule has 0 aromatic rings. The average molecular weight is 412 g/mol. The molecular weight excluding hydrogens is 400 g/mol. The van der Waals surface area contributed by atoms with Crippen LogP contribution < -0.4 is 0 Å². The molecule has 0 aliphatic heterocycles. The smallest absolute Gasteiger partial charge is 0.402 e. The van der Waals surface area contributed by atoms with E-state index in [1.807, 2.05) is 0 Å². The maximum atomic E-state index is 7.17. The summed E-state index contributed by atoms with van der Waals surface area (Å²) in [5, 5.41) is 86.0. The monoisotopic (exact) mass is 413 g/mol. The van der Waals surface area contributed by atoms with Gasteiger partial charge in [0, 0.05) is 37.7 Å². The maximum absolute atomic E-state index is 7.17. The quantitative estimate of drug-likeness (QED) is 0.166. The maximum Gasteiger partial charge on any atom is 0.631 e. The van der Waals surface area contributed by atoms with Crippen molar-refractivity contribution in [2.24, 2.45) is 0 Å². The summed E-state index contributed by atoms with van der Waals surface area (Å²) in [6, 6.07) is 0. The molecule has 0 bridgehead atoms. The predicted octanol–water partition coefficient (Wildman–Crippen LogP) is -8.21. The van der Waals surface area contributed by atoms with Crippen LogP contribution in [0.5, 0.6) is 0 Å². The molecule has 0 aliphatic rings. The molecule has 17 heavy (non-hydrogen) atoms. The Morgan fingerprint density at radius 3 is 0.294 bits per heavy atom. The van der Waals surface area contributed by atoms with Crippen molar-refractivity contribution in [1.29, 1.82) is 0 Å². The van der Waals surface area contributed by atoms with Gasteiger partial charge in [0.2, 0.25) is 0 Å². The van der Waals surface area contributed by atoms with Crippen LogP contribution in [-0.2, 0) is 0 Å². The fourth-order valence-corrected chi connectivity index (χ4v) is 0. The molecule has 0 saturated heterocycles. The molecule has 12 nitrogen and oxygen atoms in total. The number of hydrogen-bond acceptors (Lipinski definition) is 12. The topological polar surface area (TPSA) is 243 Å². The van der Waals surface area contributed by atoms with Crippen LogP contribution >= 0.6 is 0 Å². The van der Waals surface area contributed by atoms with Gasteiger partial charge in [-0.1, -0.05) is 0 Å². The van der Waals surface area contributed by atoms with Gasteiger partial charge < -0.3 is 60.3 Å². The Balaban J connectivity index is -0.0000000369. The summed E-state index contributed by atoms with van der Waals surface area (Å²) in [6.45, 7) is 0. The van der Waals surface area contributed by atoms with Crippen LogP contribution in [0.1, 0.15) is 0 Å². The van der Waals surface area contributed by atoms with E-state index < -0.39 is 29.3 Å². The third-order valence-electron chi connectivity index (χ3n) is 0. The third-order valence-corrected chi connectivity index (χ3v) is 0. The summed E-state index contributed by atoms with van der Waals surface area (Å²) >= 11 is 0. The Kier molecular flexibility index (Phi) is 46.7. The fourth-order valence-electron chi connectivity index (χ4n) is 0. The van der Waals surface area contributed by atoms with Gasteiger partial charge in [0.1, 0.15) is 0 Å². The molecule has 0 amide bonds. The summed E-state index contributed by atoms with van der Waals surface area (Å²) < 4.78 is 0. The van der Waals surface area contributed by atoms with Crippen LogP contribution in [0.15, 0.2) is 0 Å². The van der Waals surface area contributed by atoms with E-state index in [-0.39, 0.29) is 37.7 Å². The molecule has 0 spiro atoms. The van der Waals surface area contributed by atoms with E-state index in [1.54, 1.807) is 0 Å². The zero-order valence-corrected chi connectivity index (χ0v) is 9.91. The molecule has 0 atom stereocenters. The van der Waals surface area contributed by atoms with E-state index in [1.165, 1.54) is 0 Å². The minimum atomic E-state index is -2.17. The van der Waals surface area contributed by atoms with Crippen molar-refractivity contribution in [2.45, 2.75) is 0 Å². The van der Waals surface area contributed by atoms with Gasteiger partial charge in [0.15, 0.2) is 0 Å². The van der Waals surface area contributed by atoms with Crippen LogP contribution in [0.2, 0.25) is 0 Å². The van der Waals surface area contributed by atoms with Gasteiger partial charge in [-0.05, 0) is 0 Å². The van der Waals surface area contributed by atoms with Crippen LogP contribution in [0, 0.1) is 37.7 Å². The second-order valence-electron chi connectivity index (χ2n) is 1.39. The van der Waals surface area contributed by atoms with E-state index in [4.69, 9.17) is 60.3 Å². The summed E-state index contributed by atoms with van der Waals surface area (Å²) in [6.07, 6.45) is 0. The zero-order valence-electron chi connectivity index (χ0n) is 7.98. The Bertz CT molecular complexity index is 61.5. The molecule has 0 rings (SSSR count). The first-order valence-corrected chi connectivity index (χ1v) is 3.10. The molecule has 0 aliphatic carbocycles. The van der Waals surface area contributed by atoms with Crippen molar-refractivity contribution < 1.29 is 98.0 Å². The first kappa shape index (κ1) is 30.8. The summed E-state index contributed by atoms with van der Waals surface area (Å²) in [5.74, 6) is 0. The second-order valence-corrected chi connectivity index (χ2v) is 1.39. The molecule has 0 fully saturated rings. The molecule has 107 valence electrons. The van der Waals surface area contributed by atoms with E-state index in [0.717, 1.165) is 0 Å². The van der Waals surface area contributed by atoms with Crippen molar-refractivity contribution in [2.75, 3.05) is 0 Å². The molecule has 17 heteroatoms. The number of hydrogen-bond donors (Lipinski definition) is 12. The van der Waals surface area contributed by atoms with Crippen molar-refractivity contribution >= 4 is 29.3 Å². The third kappa shape index (κ3) is 3570. The van der Waals surface area contributed by atoms with Gasteiger partial charge in [-0.25, -0.2) is 0 Å². The Labute approximate surface area is 127 Å². The molecule has 0 saturated carbocycles. The van der Waals surface area contributed by atoms with Crippen LogP contribution in [-0.4, -0.2) is 89.6 Å². The van der Waals surface area contributed by atoms with E-state index in [9.17, 15) is 0 Å². The minimum absolute atomic E-state index is 0. The SMILES string of the molecule is OB(O)O.OB(O)O.OB(O)O.OB(O)O.[Ho]. The van der Waals surface area contributed by atoms with Gasteiger partial charge in [0.05, 0.1) is 0 Å². The number of rotatable bonds is 0. The molecule has 1 radical (unpaired) electrons. The summed E-state index contributed by atoms with van der Waals surface area (Å²) in [5.41, 5.74) is 0. The van der Waals surface area contributed by atoms with Crippen LogP contribution in [0.3, 0.4) is 0 Å². The van der Waals surface area contributed by atoms with Gasteiger partial charge in [0.25, 0.3) is 0 Å². The molecular formula is H12B4HoO12. The van der Waals surface area contributed by atoms with Gasteiger partial charge in [-0.2, -0.15) is 0 Å². The van der Waals surface area contributed by atoms with Crippen LogP contribution in [0.25, 0.3) is 0 Å². The first-order valence-electron chi connectivity index (χ1n) is 3.10. The van der Waals surface area contributed by atoms with Gasteiger partial charge in [-0.3, -0.25) is 0 Å². The largest absolute Gasteiger partial charge is 0.631 e.